The first-order valence-electron chi connectivity index (χ1n) is 6.13. The zero-order chi connectivity index (χ0) is 13.8. The molecule has 102 valence electrons. The van der Waals surface area contributed by atoms with Gasteiger partial charge in [0.2, 0.25) is 0 Å². The molecule has 1 atom stereocenters. The van der Waals surface area contributed by atoms with Crippen LogP contribution in [0.15, 0.2) is 33.5 Å². The van der Waals surface area contributed by atoms with Crippen LogP contribution in [0.2, 0.25) is 0 Å². The quantitative estimate of drug-likeness (QED) is 0.868. The zero-order valence-electron chi connectivity index (χ0n) is 11.0. The molecular formula is C14H17NO4. The van der Waals surface area contributed by atoms with Crippen LogP contribution in [-0.4, -0.2) is 17.6 Å². The van der Waals surface area contributed by atoms with E-state index in [0.29, 0.717) is 35.6 Å². The molecule has 2 aromatic heterocycles. The van der Waals surface area contributed by atoms with E-state index >= 15 is 0 Å². The van der Waals surface area contributed by atoms with Crippen molar-refractivity contribution >= 4 is 5.91 Å². The highest BCUT2D eigenvalue weighted by molar-refractivity contribution is 5.95. The molecular weight excluding hydrogens is 246 g/mol. The fourth-order valence-electron chi connectivity index (χ4n) is 1.91. The second-order valence-corrected chi connectivity index (χ2v) is 4.44. The van der Waals surface area contributed by atoms with Gasteiger partial charge in [0.1, 0.15) is 11.5 Å². The van der Waals surface area contributed by atoms with Crippen LogP contribution in [0, 0.1) is 13.8 Å². The van der Waals surface area contributed by atoms with E-state index in [2.05, 4.69) is 5.32 Å². The Bertz CT molecular complexity index is 542. The number of aliphatic hydroxyl groups is 1. The number of carbonyl (C=O) groups is 1. The van der Waals surface area contributed by atoms with Crippen molar-refractivity contribution in [2.24, 2.45) is 0 Å². The third kappa shape index (κ3) is 3.26. The maximum Gasteiger partial charge on any atom is 0.254 e. The van der Waals surface area contributed by atoms with E-state index in [-0.39, 0.29) is 5.91 Å². The summed E-state index contributed by atoms with van der Waals surface area (Å²) >= 11 is 0. The molecule has 0 aliphatic heterocycles. The van der Waals surface area contributed by atoms with Crippen LogP contribution in [0.1, 0.15) is 40.0 Å². The van der Waals surface area contributed by atoms with Gasteiger partial charge in [-0.15, -0.1) is 0 Å². The van der Waals surface area contributed by atoms with Crippen molar-refractivity contribution < 1.29 is 18.7 Å². The van der Waals surface area contributed by atoms with Crippen molar-refractivity contribution in [1.29, 1.82) is 0 Å². The van der Waals surface area contributed by atoms with E-state index in [1.54, 1.807) is 26.0 Å². The summed E-state index contributed by atoms with van der Waals surface area (Å²) in [6, 6.07) is 3.41. The van der Waals surface area contributed by atoms with Gasteiger partial charge in [0.05, 0.1) is 24.2 Å². The topological polar surface area (TPSA) is 75.6 Å². The largest absolute Gasteiger partial charge is 0.472 e. The molecule has 0 spiro atoms. The minimum Gasteiger partial charge on any atom is -0.472 e. The highest BCUT2D eigenvalue weighted by Crippen LogP contribution is 2.16. The normalized spacial score (nSPS) is 12.4. The molecule has 0 aliphatic carbocycles. The van der Waals surface area contributed by atoms with Gasteiger partial charge in [-0.2, -0.15) is 0 Å². The molecule has 1 amide bonds. The first-order valence-corrected chi connectivity index (χ1v) is 6.13. The van der Waals surface area contributed by atoms with E-state index < -0.39 is 6.10 Å². The molecule has 5 heteroatoms. The summed E-state index contributed by atoms with van der Waals surface area (Å²) in [7, 11) is 0. The van der Waals surface area contributed by atoms with Gasteiger partial charge in [0.15, 0.2) is 0 Å². The summed E-state index contributed by atoms with van der Waals surface area (Å²) in [5, 5.41) is 12.6. The van der Waals surface area contributed by atoms with Crippen LogP contribution < -0.4 is 5.32 Å². The van der Waals surface area contributed by atoms with Gasteiger partial charge in [0.25, 0.3) is 5.91 Å². The predicted molar refractivity (Wildman–Crippen MR) is 68.8 cm³/mol. The van der Waals surface area contributed by atoms with Gasteiger partial charge in [-0.05, 0) is 32.4 Å². The number of hydrogen-bond acceptors (Lipinski definition) is 4. The minimum atomic E-state index is -0.633. The summed E-state index contributed by atoms with van der Waals surface area (Å²) in [6.07, 6.45) is 2.80. The molecule has 2 aromatic rings. The van der Waals surface area contributed by atoms with E-state index in [1.807, 2.05) is 0 Å². The fraction of sp³-hybridized carbons (Fsp3) is 0.357. The Morgan fingerprint density at radius 2 is 2.26 bits per heavy atom. The molecule has 2 N–H and O–H groups in total. The van der Waals surface area contributed by atoms with Crippen LogP contribution in [0.5, 0.6) is 0 Å². The lowest BCUT2D eigenvalue weighted by Gasteiger charge is -2.09. The zero-order valence-corrected chi connectivity index (χ0v) is 11.0. The number of furan rings is 2. The molecule has 0 radical (unpaired) electrons. The Hall–Kier alpha value is -2.01. The Labute approximate surface area is 111 Å². The average Bonchev–Trinajstić information content (AvgIpc) is 2.98. The van der Waals surface area contributed by atoms with Crippen molar-refractivity contribution in [2.75, 3.05) is 6.54 Å². The number of rotatable bonds is 5. The first-order chi connectivity index (χ1) is 9.08. The molecule has 0 saturated carbocycles. The summed E-state index contributed by atoms with van der Waals surface area (Å²) in [4.78, 5) is 11.9. The van der Waals surface area contributed by atoms with Crippen LogP contribution >= 0.6 is 0 Å². The van der Waals surface area contributed by atoms with Crippen LogP contribution in [0.25, 0.3) is 0 Å². The fourth-order valence-corrected chi connectivity index (χ4v) is 1.91. The monoisotopic (exact) mass is 263 g/mol. The average molecular weight is 263 g/mol. The van der Waals surface area contributed by atoms with Gasteiger partial charge in [-0.1, -0.05) is 0 Å². The third-order valence-electron chi connectivity index (χ3n) is 2.92. The maximum atomic E-state index is 11.9. The van der Waals surface area contributed by atoms with Crippen LogP contribution in [-0.2, 0) is 0 Å². The maximum absolute atomic E-state index is 11.9. The highest BCUT2D eigenvalue weighted by atomic mass is 16.3. The standard InChI is InChI=1S/C14H17NO4/c1-9-7-12(10(2)19-9)14(17)15-5-3-13(16)11-4-6-18-8-11/h4,6-8,13,16H,3,5H2,1-2H3,(H,15,17)/t13-/m0/s1. The van der Waals surface area contributed by atoms with E-state index in [4.69, 9.17) is 8.83 Å². The summed E-state index contributed by atoms with van der Waals surface area (Å²) in [6.45, 7) is 3.93. The van der Waals surface area contributed by atoms with Gasteiger partial charge in [0, 0.05) is 12.1 Å². The van der Waals surface area contributed by atoms with Crippen molar-refractivity contribution in [3.8, 4) is 0 Å². The molecule has 0 fully saturated rings. The van der Waals surface area contributed by atoms with Gasteiger partial charge in [-0.3, -0.25) is 4.79 Å². The highest BCUT2D eigenvalue weighted by Gasteiger charge is 2.14. The number of nitrogens with one attached hydrogen (secondary N) is 1. The number of aliphatic hydroxyl groups excluding tert-OH is 1. The molecule has 0 aliphatic rings. The minimum absolute atomic E-state index is 0.186. The lowest BCUT2D eigenvalue weighted by atomic mass is 10.1. The molecule has 2 rings (SSSR count). The lowest BCUT2D eigenvalue weighted by molar-refractivity contribution is 0.0941. The van der Waals surface area contributed by atoms with Crippen molar-refractivity contribution in [2.45, 2.75) is 26.4 Å². The third-order valence-corrected chi connectivity index (χ3v) is 2.92. The van der Waals surface area contributed by atoms with Gasteiger partial charge in [-0.25, -0.2) is 0 Å². The SMILES string of the molecule is Cc1cc(C(=O)NCC[C@H](O)c2ccoc2)c(C)o1. The molecule has 0 bridgehead atoms. The summed E-state index contributed by atoms with van der Waals surface area (Å²) in [5.41, 5.74) is 1.25. The van der Waals surface area contributed by atoms with E-state index in [0.717, 1.165) is 0 Å². The first kappa shape index (κ1) is 13.4. The van der Waals surface area contributed by atoms with Gasteiger partial charge >= 0.3 is 0 Å². The van der Waals surface area contributed by atoms with E-state index in [9.17, 15) is 9.90 Å². The Morgan fingerprint density at radius 3 is 2.84 bits per heavy atom. The molecule has 5 nitrogen and oxygen atoms in total. The Balaban J connectivity index is 1.83. The number of amides is 1. The molecule has 19 heavy (non-hydrogen) atoms. The number of aryl methyl sites for hydroxylation is 2. The Morgan fingerprint density at radius 1 is 1.47 bits per heavy atom. The van der Waals surface area contributed by atoms with Crippen molar-refractivity contribution in [1.82, 2.24) is 5.32 Å². The Kier molecular flexibility index (Phi) is 4.06. The van der Waals surface area contributed by atoms with Crippen molar-refractivity contribution in [3.05, 3.63) is 47.3 Å². The predicted octanol–water partition coefficient (Wildman–Crippen LogP) is 2.34. The second-order valence-electron chi connectivity index (χ2n) is 4.44. The van der Waals surface area contributed by atoms with Crippen molar-refractivity contribution in [3.63, 3.8) is 0 Å². The molecule has 0 saturated heterocycles. The lowest BCUT2D eigenvalue weighted by Crippen LogP contribution is -2.25. The van der Waals surface area contributed by atoms with Gasteiger partial charge < -0.3 is 19.3 Å². The van der Waals surface area contributed by atoms with Crippen LogP contribution in [0.4, 0.5) is 0 Å². The molecule has 0 unspecified atom stereocenters. The smallest absolute Gasteiger partial charge is 0.254 e. The molecule has 0 aromatic carbocycles. The second kappa shape index (κ2) is 5.75. The number of carbonyl (C=O) groups excluding carboxylic acids is 1. The summed E-state index contributed by atoms with van der Waals surface area (Å²) < 4.78 is 10.2. The summed E-state index contributed by atoms with van der Waals surface area (Å²) in [5.74, 6) is 1.13. The number of hydrogen-bond donors (Lipinski definition) is 2. The van der Waals surface area contributed by atoms with Crippen LogP contribution in [0.3, 0.4) is 0 Å². The molecule has 2 heterocycles. The van der Waals surface area contributed by atoms with E-state index in [1.165, 1.54) is 12.5 Å².